The van der Waals surface area contributed by atoms with Gasteiger partial charge in [-0.05, 0) is 29.8 Å². The highest BCUT2D eigenvalue weighted by Crippen LogP contribution is 2.43. The monoisotopic (exact) mass is 532 g/mol. The number of carbonyl (C=O) groups is 1. The zero-order chi connectivity index (χ0) is 22.3. The molecule has 0 spiro atoms. The molecule has 0 saturated heterocycles. The number of anilines is 2. The quantitative estimate of drug-likeness (QED) is 0.386. The standard InChI is InChI=1S/C20H14BrCl2F3N4O/c21-11-6-4-10(5-7-11)14-8-16(20(24,25)26)30-17(27-14)9-15(29-30)19(31)28-13-3-1-2-12(22)18(13)23/h1-7,9,14,16,27H,8H2,(H,28,31)/t14-,16+/m1/s1. The summed E-state index contributed by atoms with van der Waals surface area (Å²) in [5, 5.41) is 9.88. The number of alkyl halides is 3. The number of amides is 1. The zero-order valence-electron chi connectivity index (χ0n) is 15.6. The van der Waals surface area contributed by atoms with Crippen molar-refractivity contribution in [2.24, 2.45) is 0 Å². The van der Waals surface area contributed by atoms with Crippen molar-refractivity contribution in [1.82, 2.24) is 9.78 Å². The summed E-state index contributed by atoms with van der Waals surface area (Å²) in [6.07, 6.45) is -4.80. The Balaban J connectivity index is 1.65. The highest BCUT2D eigenvalue weighted by molar-refractivity contribution is 9.10. The summed E-state index contributed by atoms with van der Waals surface area (Å²) >= 11 is 15.3. The van der Waals surface area contributed by atoms with Gasteiger partial charge in [-0.3, -0.25) is 4.79 Å². The summed E-state index contributed by atoms with van der Waals surface area (Å²) in [7, 11) is 0. The molecule has 1 aromatic heterocycles. The molecule has 0 saturated carbocycles. The SMILES string of the molecule is O=C(Nc1cccc(Cl)c1Cl)c1cc2n(n1)[C@H](C(F)(F)F)C[C@H](c1ccc(Br)cc1)N2. The number of nitrogens with zero attached hydrogens (tertiary/aromatic N) is 2. The van der Waals surface area contributed by atoms with Crippen molar-refractivity contribution in [2.75, 3.05) is 10.6 Å². The summed E-state index contributed by atoms with van der Waals surface area (Å²) in [5.74, 6) is -0.599. The fourth-order valence-electron chi connectivity index (χ4n) is 3.38. The van der Waals surface area contributed by atoms with E-state index in [4.69, 9.17) is 23.2 Å². The van der Waals surface area contributed by atoms with Crippen molar-refractivity contribution in [3.63, 3.8) is 0 Å². The maximum Gasteiger partial charge on any atom is 0.410 e. The van der Waals surface area contributed by atoms with Crippen molar-refractivity contribution >= 4 is 56.5 Å². The molecule has 31 heavy (non-hydrogen) atoms. The molecule has 0 bridgehead atoms. The Morgan fingerprint density at radius 2 is 1.90 bits per heavy atom. The number of rotatable bonds is 3. The van der Waals surface area contributed by atoms with E-state index in [9.17, 15) is 18.0 Å². The lowest BCUT2D eigenvalue weighted by Crippen LogP contribution is -2.35. The molecule has 2 aromatic carbocycles. The van der Waals surface area contributed by atoms with Gasteiger partial charge >= 0.3 is 6.18 Å². The lowest BCUT2D eigenvalue weighted by molar-refractivity contribution is -0.173. The lowest BCUT2D eigenvalue weighted by Gasteiger charge is -2.33. The number of fused-ring (bicyclic) bond motifs is 1. The first-order valence-electron chi connectivity index (χ1n) is 9.07. The van der Waals surface area contributed by atoms with Gasteiger partial charge in [-0.15, -0.1) is 0 Å². The molecule has 0 unspecified atom stereocenters. The van der Waals surface area contributed by atoms with Gasteiger partial charge < -0.3 is 10.6 Å². The average Bonchev–Trinajstić information content (AvgIpc) is 3.14. The van der Waals surface area contributed by atoms with Crippen LogP contribution in [-0.2, 0) is 0 Å². The van der Waals surface area contributed by atoms with Crippen LogP contribution < -0.4 is 10.6 Å². The van der Waals surface area contributed by atoms with E-state index in [0.29, 0.717) is 5.56 Å². The second-order valence-corrected chi connectivity index (χ2v) is 8.66. The molecule has 11 heteroatoms. The fraction of sp³-hybridized carbons (Fsp3) is 0.200. The van der Waals surface area contributed by atoms with Crippen LogP contribution in [0.3, 0.4) is 0 Å². The van der Waals surface area contributed by atoms with E-state index in [1.165, 1.54) is 12.1 Å². The Labute approximate surface area is 193 Å². The molecular formula is C20H14BrCl2F3N4O. The predicted octanol–water partition coefficient (Wildman–Crippen LogP) is 6.87. The van der Waals surface area contributed by atoms with Crippen LogP contribution in [0, 0.1) is 0 Å². The van der Waals surface area contributed by atoms with Crippen LogP contribution >= 0.6 is 39.1 Å². The van der Waals surface area contributed by atoms with Gasteiger partial charge in [-0.2, -0.15) is 18.3 Å². The van der Waals surface area contributed by atoms with Gasteiger partial charge in [0, 0.05) is 17.0 Å². The van der Waals surface area contributed by atoms with Gasteiger partial charge in [-0.1, -0.05) is 57.3 Å². The van der Waals surface area contributed by atoms with Gasteiger partial charge in [0.2, 0.25) is 0 Å². The molecule has 1 aliphatic rings. The average molecular weight is 534 g/mol. The van der Waals surface area contributed by atoms with Crippen LogP contribution in [0.4, 0.5) is 24.7 Å². The molecular weight excluding hydrogens is 520 g/mol. The van der Waals surface area contributed by atoms with Crippen molar-refractivity contribution in [1.29, 1.82) is 0 Å². The maximum atomic E-state index is 13.8. The zero-order valence-corrected chi connectivity index (χ0v) is 18.6. The molecule has 5 nitrogen and oxygen atoms in total. The van der Waals surface area contributed by atoms with Crippen molar-refractivity contribution < 1.29 is 18.0 Å². The van der Waals surface area contributed by atoms with Gasteiger partial charge in [0.25, 0.3) is 5.91 Å². The van der Waals surface area contributed by atoms with Crippen molar-refractivity contribution in [2.45, 2.75) is 24.7 Å². The van der Waals surface area contributed by atoms with Crippen LogP contribution in [0.25, 0.3) is 0 Å². The normalized spacial score (nSPS) is 18.3. The lowest BCUT2D eigenvalue weighted by atomic mass is 9.97. The molecule has 4 rings (SSSR count). The number of carbonyl (C=O) groups excluding carboxylic acids is 1. The van der Waals surface area contributed by atoms with E-state index in [-0.39, 0.29) is 33.7 Å². The molecule has 0 radical (unpaired) electrons. The van der Waals surface area contributed by atoms with Crippen LogP contribution in [0.15, 0.2) is 53.0 Å². The fourth-order valence-corrected chi connectivity index (χ4v) is 4.00. The molecule has 162 valence electrons. The number of halogens is 6. The first kappa shape index (κ1) is 22.0. The number of hydrogen-bond donors (Lipinski definition) is 2. The van der Waals surface area contributed by atoms with Crippen LogP contribution in [-0.4, -0.2) is 21.9 Å². The first-order valence-corrected chi connectivity index (χ1v) is 10.6. The summed E-state index contributed by atoms with van der Waals surface area (Å²) < 4.78 is 43.0. The minimum atomic E-state index is -4.54. The van der Waals surface area contributed by atoms with E-state index in [1.54, 1.807) is 36.4 Å². The Kier molecular flexibility index (Phi) is 5.93. The van der Waals surface area contributed by atoms with E-state index >= 15 is 0 Å². The molecule has 1 amide bonds. The third-order valence-corrected chi connectivity index (χ3v) is 6.24. The van der Waals surface area contributed by atoms with E-state index < -0.39 is 24.2 Å². The molecule has 0 fully saturated rings. The molecule has 2 heterocycles. The topological polar surface area (TPSA) is 59.0 Å². The molecule has 2 N–H and O–H groups in total. The Hall–Kier alpha value is -2.23. The van der Waals surface area contributed by atoms with Gasteiger partial charge in [0.05, 0.1) is 21.8 Å². The second-order valence-electron chi connectivity index (χ2n) is 6.96. The van der Waals surface area contributed by atoms with E-state index in [2.05, 4.69) is 31.7 Å². The number of hydrogen-bond acceptors (Lipinski definition) is 3. The summed E-state index contributed by atoms with van der Waals surface area (Å²) in [4.78, 5) is 12.6. The van der Waals surface area contributed by atoms with E-state index in [1.807, 2.05) is 0 Å². The number of nitrogens with one attached hydrogen (secondary N) is 2. The highest BCUT2D eigenvalue weighted by atomic mass is 79.9. The Bertz CT molecular complexity index is 1130. The number of aromatic nitrogens is 2. The third kappa shape index (κ3) is 4.53. The van der Waals surface area contributed by atoms with Crippen LogP contribution in [0.1, 0.15) is 34.6 Å². The Morgan fingerprint density at radius 1 is 1.19 bits per heavy atom. The van der Waals surface area contributed by atoms with E-state index in [0.717, 1.165) is 9.15 Å². The summed E-state index contributed by atoms with van der Waals surface area (Å²) in [6.45, 7) is 0. The first-order chi connectivity index (χ1) is 14.6. The van der Waals surface area contributed by atoms with Gasteiger partial charge in [0.1, 0.15) is 5.82 Å². The number of benzene rings is 2. The van der Waals surface area contributed by atoms with Crippen LogP contribution in [0.5, 0.6) is 0 Å². The Morgan fingerprint density at radius 3 is 2.58 bits per heavy atom. The van der Waals surface area contributed by atoms with Crippen LogP contribution in [0.2, 0.25) is 10.0 Å². The molecule has 3 aromatic rings. The maximum absolute atomic E-state index is 13.8. The van der Waals surface area contributed by atoms with Gasteiger partial charge in [-0.25, -0.2) is 4.68 Å². The summed E-state index contributed by atoms with van der Waals surface area (Å²) in [5.41, 5.74) is 0.754. The van der Waals surface area contributed by atoms with Crippen molar-refractivity contribution in [3.8, 4) is 0 Å². The minimum absolute atomic E-state index is 0.101. The van der Waals surface area contributed by atoms with Gasteiger partial charge in [0.15, 0.2) is 11.7 Å². The second kappa shape index (κ2) is 8.37. The largest absolute Gasteiger partial charge is 0.410 e. The molecule has 0 aliphatic carbocycles. The molecule has 1 aliphatic heterocycles. The smallest absolute Gasteiger partial charge is 0.363 e. The minimum Gasteiger partial charge on any atom is -0.363 e. The molecule has 2 atom stereocenters. The highest BCUT2D eigenvalue weighted by Gasteiger charge is 2.46. The third-order valence-electron chi connectivity index (χ3n) is 4.89. The predicted molar refractivity (Wildman–Crippen MR) is 117 cm³/mol. The van der Waals surface area contributed by atoms with Crippen molar-refractivity contribution in [3.05, 3.63) is 74.3 Å². The summed E-state index contributed by atoms with van der Waals surface area (Å²) in [6, 6.07) is 10.5.